The molecular formula is C45H59NOS2. The van der Waals surface area contributed by atoms with E-state index in [0.717, 1.165) is 42.9 Å². The van der Waals surface area contributed by atoms with Gasteiger partial charge in [0, 0.05) is 29.0 Å². The molecule has 1 heterocycles. The molecule has 4 spiro atoms. The number of phenols is 1. The van der Waals surface area contributed by atoms with Crippen LogP contribution in [-0.2, 0) is 19.4 Å². The van der Waals surface area contributed by atoms with Crippen molar-refractivity contribution in [2.75, 3.05) is 5.75 Å². The summed E-state index contributed by atoms with van der Waals surface area (Å²) >= 11 is 0. The molecule has 2 N–H and O–H groups in total. The summed E-state index contributed by atoms with van der Waals surface area (Å²) in [5.74, 6) is 4.46. The minimum atomic E-state index is 0.264. The molecule has 9 atom stereocenters. The van der Waals surface area contributed by atoms with E-state index in [0.29, 0.717) is 39.2 Å². The molecule has 7 aliphatic rings. The molecule has 0 saturated heterocycles. The van der Waals surface area contributed by atoms with Crippen LogP contribution in [-0.4, -0.2) is 22.2 Å². The molecule has 0 unspecified atom stereocenters. The van der Waals surface area contributed by atoms with Crippen LogP contribution < -0.4 is 5.32 Å². The van der Waals surface area contributed by atoms with E-state index in [4.69, 9.17) is 0 Å². The smallest absolute Gasteiger partial charge is 0.116 e. The molecule has 4 saturated carbocycles. The Morgan fingerprint density at radius 1 is 0.837 bits per heavy atom. The summed E-state index contributed by atoms with van der Waals surface area (Å²) in [5, 5.41) is 15.6. The zero-order valence-electron chi connectivity index (χ0n) is 30.1. The van der Waals surface area contributed by atoms with Crippen molar-refractivity contribution in [2.24, 2.45) is 45.3 Å². The van der Waals surface area contributed by atoms with Crippen LogP contribution in [0.1, 0.15) is 120 Å². The van der Waals surface area contributed by atoms with Gasteiger partial charge in [0.1, 0.15) is 5.75 Å². The van der Waals surface area contributed by atoms with Gasteiger partial charge in [-0.15, -0.1) is 0 Å². The highest BCUT2D eigenvalue weighted by molar-refractivity contribution is 8.77. The van der Waals surface area contributed by atoms with Gasteiger partial charge in [-0.1, -0.05) is 96.0 Å². The lowest BCUT2D eigenvalue weighted by Crippen LogP contribution is -2.61. The number of allylic oxidation sites excluding steroid dienone is 3. The van der Waals surface area contributed by atoms with Crippen LogP contribution in [0.25, 0.3) is 0 Å². The van der Waals surface area contributed by atoms with Crippen molar-refractivity contribution in [3.05, 3.63) is 89.0 Å². The summed E-state index contributed by atoms with van der Waals surface area (Å²) in [6.45, 7) is 5.80. The molecule has 5 bridgehead atoms. The van der Waals surface area contributed by atoms with Gasteiger partial charge in [0.15, 0.2) is 0 Å². The molecule has 0 radical (unpaired) electrons. The van der Waals surface area contributed by atoms with Crippen molar-refractivity contribution in [1.82, 2.24) is 5.32 Å². The number of phenolic OH excluding ortho intramolecular Hbond substituents is 1. The summed E-state index contributed by atoms with van der Waals surface area (Å²) in [6.07, 6.45) is 31.7. The van der Waals surface area contributed by atoms with E-state index in [-0.39, 0.29) is 5.41 Å². The third kappa shape index (κ3) is 6.00. The Kier molecular flexibility index (Phi) is 8.68. The number of hydrogen-bond acceptors (Lipinski definition) is 4. The Hall–Kier alpha value is -1.62. The maximum absolute atomic E-state index is 11.2. The summed E-state index contributed by atoms with van der Waals surface area (Å²) in [6, 6.07) is 16.0. The zero-order chi connectivity index (χ0) is 33.3. The van der Waals surface area contributed by atoms with Gasteiger partial charge in [-0.3, -0.25) is 0 Å². The third-order valence-electron chi connectivity index (χ3n) is 15.2. The van der Waals surface area contributed by atoms with Crippen LogP contribution >= 0.6 is 21.6 Å². The summed E-state index contributed by atoms with van der Waals surface area (Å²) in [4.78, 5) is 0. The van der Waals surface area contributed by atoms with E-state index in [1.807, 2.05) is 6.07 Å². The van der Waals surface area contributed by atoms with Crippen LogP contribution in [0, 0.1) is 45.3 Å². The molecule has 2 aromatic rings. The molecule has 2 nitrogen and oxygen atoms in total. The average Bonchev–Trinajstić information content (AvgIpc) is 3.67. The minimum absolute atomic E-state index is 0.264. The number of aromatic hydroxyl groups is 1. The Morgan fingerprint density at radius 2 is 1.65 bits per heavy atom. The quantitative estimate of drug-likeness (QED) is 0.212. The van der Waals surface area contributed by atoms with Gasteiger partial charge in [-0.25, -0.2) is 0 Å². The second kappa shape index (κ2) is 12.8. The third-order valence-corrected chi connectivity index (χ3v) is 18.2. The van der Waals surface area contributed by atoms with E-state index in [9.17, 15) is 5.11 Å². The predicted molar refractivity (Wildman–Crippen MR) is 209 cm³/mol. The molecule has 1 aliphatic heterocycles. The van der Waals surface area contributed by atoms with Gasteiger partial charge in [0.05, 0.1) is 0 Å². The lowest BCUT2D eigenvalue weighted by molar-refractivity contribution is -0.136. The number of hydrogen-bond donors (Lipinski definition) is 2. The fourth-order valence-corrected chi connectivity index (χ4v) is 16.5. The highest BCUT2D eigenvalue weighted by atomic mass is 33.1. The summed E-state index contributed by atoms with van der Waals surface area (Å²) in [7, 11) is 4.28. The number of benzene rings is 2. The molecule has 0 amide bonds. The van der Waals surface area contributed by atoms with Crippen LogP contribution in [0.5, 0.6) is 5.75 Å². The normalized spacial score (nSPS) is 41.2. The minimum Gasteiger partial charge on any atom is -0.508 e. The number of fused-ring (bicyclic) bond motifs is 5. The largest absolute Gasteiger partial charge is 0.508 e. The molecule has 9 rings (SSSR count). The first-order chi connectivity index (χ1) is 23.8. The van der Waals surface area contributed by atoms with Gasteiger partial charge in [0.25, 0.3) is 0 Å². The maximum Gasteiger partial charge on any atom is 0.116 e. The molecule has 49 heavy (non-hydrogen) atoms. The van der Waals surface area contributed by atoms with Crippen molar-refractivity contribution in [3.63, 3.8) is 0 Å². The Balaban J connectivity index is 1.14. The second-order valence-electron chi connectivity index (χ2n) is 18.6. The lowest BCUT2D eigenvalue weighted by Gasteiger charge is -2.68. The van der Waals surface area contributed by atoms with Crippen molar-refractivity contribution >= 4 is 21.6 Å². The molecule has 6 aliphatic carbocycles. The van der Waals surface area contributed by atoms with Crippen LogP contribution in [0.15, 0.2) is 66.8 Å². The molecule has 4 fully saturated rings. The Morgan fingerprint density at radius 3 is 2.51 bits per heavy atom. The van der Waals surface area contributed by atoms with E-state index < -0.39 is 0 Å². The lowest BCUT2D eigenvalue weighted by atomic mass is 9.36. The fraction of sp³-hybridized carbons (Fsp3) is 0.644. The Labute approximate surface area is 304 Å². The second-order valence-corrected chi connectivity index (χ2v) is 21.2. The molecular weight excluding hydrogens is 635 g/mol. The van der Waals surface area contributed by atoms with Crippen molar-refractivity contribution in [3.8, 4) is 5.75 Å². The number of nitrogens with one attached hydrogen (secondary N) is 1. The molecule has 262 valence electrons. The van der Waals surface area contributed by atoms with Gasteiger partial charge < -0.3 is 10.4 Å². The van der Waals surface area contributed by atoms with Gasteiger partial charge in [-0.2, -0.15) is 0 Å². The highest BCUT2D eigenvalue weighted by Gasteiger charge is 2.67. The van der Waals surface area contributed by atoms with Gasteiger partial charge in [0.2, 0.25) is 0 Å². The standard InChI is InChI=1S/C45H59NOS2/c1-31-8-7-14-44(24-31)30-43(17-16-42(29-43)12-5-6-13-42)26-40-37-20-34-18-33(21-39(47)22-34)19-35-9-3-4-10-36(35)27-46-32(2)28-48-49-41-11-15-45(40,44)25-38(41)23-37/h3-4,7,9-11,14-15,18,21-22,31-32,37-38,40-41,46-47H,5-6,8,12-13,16-17,19-20,23-30H2,1-2H3/t31-,32-,37+,38+,40+,41+,43+,44+,45-/m1/s1. The summed E-state index contributed by atoms with van der Waals surface area (Å²) in [5.41, 5.74) is 7.09. The SMILES string of the molecule is C[C@@H]1CC=C[C@]2(C1)C[C@@]1(CCC3(CCCC3)C1)C[C@H]1[C@H]3Cc4cc(O)cc(c4)Cc4ccccc4CN[C@H](C)CSS[C@H]4C=C[C@@]12C[C@@H]4C3. The maximum atomic E-state index is 11.2. The van der Waals surface area contributed by atoms with E-state index in [1.165, 1.54) is 106 Å². The first-order valence-corrected chi connectivity index (χ1v) is 22.4. The van der Waals surface area contributed by atoms with Gasteiger partial charge in [-0.05, 0) is 165 Å². The zero-order valence-corrected chi connectivity index (χ0v) is 31.7. The Bertz CT molecular complexity index is 1610. The molecule has 4 heteroatoms. The highest BCUT2D eigenvalue weighted by Crippen LogP contribution is 2.76. The molecule has 0 aromatic heterocycles. The number of rotatable bonds is 0. The van der Waals surface area contributed by atoms with E-state index in [2.05, 4.69) is 101 Å². The van der Waals surface area contributed by atoms with Crippen LogP contribution in [0.3, 0.4) is 0 Å². The van der Waals surface area contributed by atoms with Gasteiger partial charge >= 0.3 is 0 Å². The van der Waals surface area contributed by atoms with Crippen LogP contribution in [0.2, 0.25) is 0 Å². The topological polar surface area (TPSA) is 32.3 Å². The first kappa shape index (κ1) is 33.2. The molecule has 2 aromatic carbocycles. The fourth-order valence-electron chi connectivity index (χ4n) is 13.4. The van der Waals surface area contributed by atoms with E-state index >= 15 is 0 Å². The first-order valence-electron chi connectivity index (χ1n) is 20.0. The van der Waals surface area contributed by atoms with Crippen molar-refractivity contribution in [2.45, 2.75) is 128 Å². The van der Waals surface area contributed by atoms with Crippen molar-refractivity contribution in [1.29, 1.82) is 0 Å². The van der Waals surface area contributed by atoms with Crippen LogP contribution in [0.4, 0.5) is 0 Å². The summed E-state index contributed by atoms with van der Waals surface area (Å²) < 4.78 is 0. The monoisotopic (exact) mass is 693 g/mol. The van der Waals surface area contributed by atoms with Crippen molar-refractivity contribution < 1.29 is 5.11 Å². The average molecular weight is 694 g/mol. The van der Waals surface area contributed by atoms with E-state index in [1.54, 1.807) is 0 Å². The predicted octanol–water partition coefficient (Wildman–Crippen LogP) is 11.5.